The molecule has 0 unspecified atom stereocenters. The van der Waals surface area contributed by atoms with E-state index in [1.165, 1.54) is 81.8 Å². The van der Waals surface area contributed by atoms with E-state index in [9.17, 15) is 137 Å². The van der Waals surface area contributed by atoms with E-state index in [-0.39, 0.29) is 80.2 Å². The highest BCUT2D eigenvalue weighted by Crippen LogP contribution is 2.18. The van der Waals surface area contributed by atoms with Gasteiger partial charge >= 0.3 is 5.97 Å². The van der Waals surface area contributed by atoms with Gasteiger partial charge in [0.05, 0.1) is 58.2 Å². The number of hydrogen-bond donors (Lipinski definition) is 31. The van der Waals surface area contributed by atoms with Crippen molar-refractivity contribution in [2.75, 3.05) is 46.1 Å². The number of carbonyl (C=O) groups is 20. The van der Waals surface area contributed by atoms with Gasteiger partial charge in [-0.2, -0.15) is 0 Å². The topological polar surface area (TPSA) is 881 Å². The molecular weight excluding hydrogens is 1790 g/mol. The number of imidazole rings is 1. The van der Waals surface area contributed by atoms with Crippen LogP contribution in [0.1, 0.15) is 142 Å². The molecule has 0 saturated heterocycles. The van der Waals surface area contributed by atoms with Crippen molar-refractivity contribution in [2.45, 2.75) is 247 Å². The molecule has 19 amide bonds. The number of phenolic OH excluding ortho intramolecular Hbond substituents is 2. The zero-order valence-corrected chi connectivity index (χ0v) is 76.5. The quantitative estimate of drug-likeness (QED) is 0.0233. The number of primary amides is 3. The molecule has 136 heavy (non-hydrogen) atoms. The summed E-state index contributed by atoms with van der Waals surface area (Å²) in [4.78, 5) is 281. The molecule has 0 bridgehead atoms. The third kappa shape index (κ3) is 41.9. The molecule has 0 aliphatic rings. The normalized spacial score (nSPS) is 15.0. The molecule has 0 aliphatic heterocycles. The summed E-state index contributed by atoms with van der Waals surface area (Å²) in [6.45, 7) is 5.30. The van der Waals surface area contributed by atoms with Crippen LogP contribution >= 0.6 is 0 Å². The van der Waals surface area contributed by atoms with Crippen molar-refractivity contribution >= 4 is 118 Å². The van der Waals surface area contributed by atoms with Crippen LogP contribution in [-0.4, -0.2) is 318 Å². The maximum atomic E-state index is 14.6. The summed E-state index contributed by atoms with van der Waals surface area (Å²) in [6, 6.07) is -19.2. The Morgan fingerprint density at radius 1 is 0.338 bits per heavy atom. The van der Waals surface area contributed by atoms with Gasteiger partial charge in [-0.25, -0.2) is 4.98 Å². The smallest absolute Gasteiger partial charge is 0.325 e. The lowest BCUT2D eigenvalue weighted by Crippen LogP contribution is -2.62. The Balaban J connectivity index is 1.92. The van der Waals surface area contributed by atoms with Gasteiger partial charge in [0.25, 0.3) is 0 Å². The Bertz CT molecular complexity index is 4510. The van der Waals surface area contributed by atoms with E-state index in [1.807, 2.05) is 0 Å². The van der Waals surface area contributed by atoms with E-state index < -0.39 is 304 Å². The molecule has 756 valence electrons. The third-order valence-electron chi connectivity index (χ3n) is 20.6. The van der Waals surface area contributed by atoms with Crippen LogP contribution in [0.25, 0.3) is 0 Å². The summed E-state index contributed by atoms with van der Waals surface area (Å²) in [6.07, 6.45) is -1.29. The molecule has 3 aromatic rings. The fourth-order valence-electron chi connectivity index (χ4n) is 13.1. The first-order valence-electron chi connectivity index (χ1n) is 43.8. The van der Waals surface area contributed by atoms with Gasteiger partial charge in [0, 0.05) is 37.6 Å². The van der Waals surface area contributed by atoms with Gasteiger partial charge in [0.2, 0.25) is 112 Å². The number of H-pyrrole nitrogens is 1. The van der Waals surface area contributed by atoms with Crippen molar-refractivity contribution in [2.24, 2.45) is 52.2 Å². The molecule has 52 nitrogen and oxygen atoms in total. The minimum atomic E-state index is -2.16. The van der Waals surface area contributed by atoms with Crippen molar-refractivity contribution in [3.05, 3.63) is 77.9 Å². The molecule has 2 aromatic carbocycles. The summed E-state index contributed by atoms with van der Waals surface area (Å²) >= 11 is 0. The molecule has 0 aliphatic carbocycles. The number of phenols is 2. The van der Waals surface area contributed by atoms with Crippen LogP contribution in [0.15, 0.2) is 61.1 Å². The number of carboxylic acids is 1. The lowest BCUT2D eigenvalue weighted by molar-refractivity contribution is -0.142. The third-order valence-corrected chi connectivity index (χ3v) is 20.6. The fourth-order valence-corrected chi connectivity index (χ4v) is 13.1. The molecule has 52 heteroatoms. The average molecular weight is 1930 g/mol. The van der Waals surface area contributed by atoms with Crippen molar-refractivity contribution in [3.8, 4) is 11.5 Å². The van der Waals surface area contributed by atoms with Crippen molar-refractivity contribution in [1.82, 2.24) is 95.0 Å². The Kier molecular flexibility index (Phi) is 51.3. The number of aliphatic hydroxyl groups is 5. The molecule has 0 spiro atoms. The molecule has 0 fully saturated rings. The number of aliphatic hydroxyl groups excluding tert-OH is 5. The number of nitrogens with two attached hydrogens (primary N) is 6. The monoisotopic (exact) mass is 1920 g/mol. The van der Waals surface area contributed by atoms with E-state index in [2.05, 4.69) is 95.0 Å². The maximum absolute atomic E-state index is 14.6. The number of rotatable bonds is 64. The maximum Gasteiger partial charge on any atom is 0.325 e. The predicted octanol–water partition coefficient (Wildman–Crippen LogP) is -12.0. The van der Waals surface area contributed by atoms with Crippen LogP contribution in [0.2, 0.25) is 0 Å². The first-order valence-corrected chi connectivity index (χ1v) is 43.8. The molecule has 0 radical (unpaired) electrons. The van der Waals surface area contributed by atoms with Crippen LogP contribution in [0.3, 0.4) is 0 Å². The number of carboxylic acid groups (broad SMARTS) is 1. The minimum Gasteiger partial charge on any atom is -0.508 e. The second-order valence-electron chi connectivity index (χ2n) is 33.4. The van der Waals surface area contributed by atoms with E-state index >= 15 is 0 Å². The highest BCUT2D eigenvalue weighted by Gasteiger charge is 2.41. The van der Waals surface area contributed by atoms with Gasteiger partial charge in [-0.1, -0.05) is 72.2 Å². The van der Waals surface area contributed by atoms with Crippen LogP contribution in [0.4, 0.5) is 0 Å². The summed E-state index contributed by atoms with van der Waals surface area (Å²) in [5.41, 5.74) is 34.5. The number of aromatic nitrogens is 2. The number of nitrogens with one attached hydrogen (secondary N) is 17. The van der Waals surface area contributed by atoms with Crippen molar-refractivity contribution in [1.29, 1.82) is 0 Å². The van der Waals surface area contributed by atoms with E-state index in [4.69, 9.17) is 34.4 Å². The summed E-state index contributed by atoms with van der Waals surface area (Å²) in [5, 5.41) is 119. The number of amides is 19. The number of benzene rings is 2. The zero-order chi connectivity index (χ0) is 102. The number of carbonyl (C=O) groups excluding carboxylic acids is 19. The lowest BCUT2D eigenvalue weighted by Gasteiger charge is -2.29. The Labute approximate surface area is 782 Å². The summed E-state index contributed by atoms with van der Waals surface area (Å²) in [7, 11) is 0. The molecule has 17 atom stereocenters. The molecule has 0 saturated carbocycles. The first-order chi connectivity index (χ1) is 64.1. The molecular formula is C84H132N24O28. The van der Waals surface area contributed by atoms with Crippen molar-refractivity contribution < 1.29 is 137 Å². The molecule has 3 rings (SSSR count). The average Bonchev–Trinajstić information content (AvgIpc) is 0.957. The van der Waals surface area contributed by atoms with E-state index in [0.717, 1.165) is 0 Å². The first kappa shape index (κ1) is 116. The van der Waals surface area contributed by atoms with Gasteiger partial charge in [0.1, 0.15) is 108 Å². The predicted molar refractivity (Wildman–Crippen MR) is 479 cm³/mol. The van der Waals surface area contributed by atoms with Crippen LogP contribution in [-0.2, 0) is 115 Å². The SMILES string of the molecule is CC(C)C[C@H](NC(=O)[C@H](Cc1ccc(O)cc1)NC(=O)[C@H](CC(N)=O)NC(=O)[C@H](CCCCN)NC(=O)[C@H](CCC(N)=O)NC(=O)[C@H](CC(N)=O)NC(=O)[C@H](CO)NC(=O)[C@H](CO)NC(=O)[C@H](Cc1ccc(O)cc1)NC(=O)[C@H](CC(C)C)NC(=O)[C@@H](NC(=O)[C@H](CO)NC(=O)[C@H](Cc1cnc[nH]1)NC(=O)[C@H](CO)NC(=O)[C@H](CO)NC(=O)[C@@H](N)CCCCN)C(C)C)C(=O)N[C@@H](C)C(=O)O. The van der Waals surface area contributed by atoms with Crippen LogP contribution in [0.5, 0.6) is 11.5 Å². The second-order valence-corrected chi connectivity index (χ2v) is 33.4. The number of unbranched alkanes of at least 4 members (excludes halogenated alkanes) is 2. The Hall–Kier alpha value is -13.7. The largest absolute Gasteiger partial charge is 0.508 e. The number of hydrogen-bond acceptors (Lipinski definition) is 31. The van der Waals surface area contributed by atoms with Gasteiger partial charge in [-0.15, -0.1) is 0 Å². The highest BCUT2D eigenvalue weighted by atomic mass is 16.4. The number of aliphatic carboxylic acids is 1. The fraction of sp³-hybridized carbons (Fsp3) is 0.583. The van der Waals surface area contributed by atoms with Gasteiger partial charge in [0.15, 0.2) is 0 Å². The second kappa shape index (κ2) is 59.8. The summed E-state index contributed by atoms with van der Waals surface area (Å²) < 4.78 is 0. The van der Waals surface area contributed by atoms with Crippen LogP contribution in [0, 0.1) is 17.8 Å². The number of aromatic amines is 1. The van der Waals surface area contributed by atoms with E-state index in [1.54, 1.807) is 27.7 Å². The van der Waals surface area contributed by atoms with Gasteiger partial charge < -0.3 is 165 Å². The standard InChI is InChI=1S/C84H132N24O28/c1-40(2)26-52(71(122)93-43(7)84(135)136)96-73(124)54(28-44-14-18-47(114)19-15-44)98-77(128)58(32-66(90)118)100-69(120)50(13-9-11-25-86)94-70(121)51(22-23-64(88)116)95-76(127)57(31-65(89)117)101-79(130)61(36-111)107-81(132)62(37-112)104-74(125)55(29-45-16-20-48(115)21-17-45)97-72(123)53(27-41(3)4)102-83(134)67(42(5)6)108-82(133)63(38-113)105-75(126)56(30-46-33-91-39-92-46)99-78(129)60(35-110)106-80(131)59(34-109)103-68(119)49(87)12-8-10-24-85/h14-21,33,39-43,49-63,67,109-115H,8-13,22-32,34-38,85-87H2,1-7H3,(H2,88,116)(H2,89,117)(H2,90,118)(H,91,92)(H,93,122)(H,94,121)(H,95,127)(H,96,124)(H,97,123)(H,98,128)(H,99,129)(H,100,120)(H,101,130)(H,102,134)(H,103,119)(H,104,125)(H,105,126)(H,106,131)(H,107,132)(H,108,133)(H,135,136)/t43-,49-,50-,51-,52-,53-,54-,55-,56-,57-,58-,59-,60-,61-,62-,63-,67-/m0/s1. The Morgan fingerprint density at radius 2 is 0.632 bits per heavy atom. The van der Waals surface area contributed by atoms with Gasteiger partial charge in [-0.3, -0.25) is 95.9 Å². The lowest BCUT2D eigenvalue weighted by atomic mass is 9.98. The molecule has 1 heterocycles. The van der Waals surface area contributed by atoms with Gasteiger partial charge in [-0.05, 0) is 125 Å². The molecule has 1 aromatic heterocycles. The Morgan fingerprint density at radius 3 is 0.971 bits per heavy atom. The highest BCUT2D eigenvalue weighted by molar-refractivity contribution is 6.02. The molecule has 37 N–H and O–H groups in total. The van der Waals surface area contributed by atoms with Crippen LogP contribution < -0.4 is 119 Å². The number of aromatic hydroxyl groups is 2. The van der Waals surface area contributed by atoms with Crippen molar-refractivity contribution in [3.63, 3.8) is 0 Å². The summed E-state index contributed by atoms with van der Waals surface area (Å²) in [5.74, 6) is -25.8. The zero-order valence-electron chi connectivity index (χ0n) is 76.5. The number of nitrogens with zero attached hydrogens (tertiary/aromatic N) is 1. The minimum absolute atomic E-state index is 0.0325. The van der Waals surface area contributed by atoms with E-state index in [0.29, 0.717) is 24.9 Å².